The first-order valence-electron chi connectivity index (χ1n) is 10.9. The van der Waals surface area contributed by atoms with E-state index >= 15 is 0 Å². The number of alkyl halides is 2. The zero-order valence-electron chi connectivity index (χ0n) is 18.0. The van der Waals surface area contributed by atoms with Crippen molar-refractivity contribution >= 4 is 34.6 Å². The molecule has 2 aliphatic heterocycles. The van der Waals surface area contributed by atoms with Gasteiger partial charge in [-0.3, -0.25) is 9.48 Å². The number of carbonyl (C=O) groups excluding carboxylic acids is 1. The summed E-state index contributed by atoms with van der Waals surface area (Å²) >= 11 is 7.42. The highest BCUT2D eigenvalue weighted by atomic mass is 35.5. The lowest BCUT2D eigenvalue weighted by Crippen LogP contribution is -2.39. The molecule has 7 nitrogen and oxygen atoms in total. The number of likely N-dealkylation sites (tertiary alicyclic amines) is 1. The van der Waals surface area contributed by atoms with Gasteiger partial charge in [0.2, 0.25) is 5.91 Å². The number of piperidine rings is 1. The molecule has 1 atom stereocenters. The maximum atomic E-state index is 13.3. The van der Waals surface area contributed by atoms with Crippen molar-refractivity contribution in [2.24, 2.45) is 5.16 Å². The van der Waals surface area contributed by atoms with E-state index in [0.29, 0.717) is 41.5 Å². The fourth-order valence-electron chi connectivity index (χ4n) is 4.26. The molecule has 2 aromatic heterocycles. The molecule has 1 amide bonds. The number of rotatable bonds is 6. The fraction of sp³-hybridized carbons (Fsp3) is 0.391. The average molecular weight is 505 g/mol. The molecule has 11 heteroatoms. The Balaban J connectivity index is 1.17. The monoisotopic (exact) mass is 504 g/mol. The first-order valence-corrected chi connectivity index (χ1v) is 12.2. The normalized spacial score (nSPS) is 18.9. The Hall–Kier alpha value is -2.85. The number of halogens is 3. The summed E-state index contributed by atoms with van der Waals surface area (Å²) in [7, 11) is 0. The van der Waals surface area contributed by atoms with Gasteiger partial charge in [0, 0.05) is 48.1 Å². The molecule has 0 N–H and O–H groups in total. The SMILES string of the molecule is O=C(Cn1cc(Cl)cn1)N1CCC(c2nc(C3=NOC(c4[c]cccc4C(F)F)C3)cs2)CC1. The topological polar surface area (TPSA) is 72.6 Å². The second-order valence-corrected chi connectivity index (χ2v) is 9.58. The third-order valence-corrected chi connectivity index (χ3v) is 7.26. The molecule has 0 bridgehead atoms. The van der Waals surface area contributed by atoms with Gasteiger partial charge in [0.05, 0.1) is 21.9 Å². The summed E-state index contributed by atoms with van der Waals surface area (Å²) in [5, 5.41) is 11.6. The lowest BCUT2D eigenvalue weighted by atomic mass is 9.97. The van der Waals surface area contributed by atoms with Gasteiger partial charge >= 0.3 is 0 Å². The molecule has 177 valence electrons. The van der Waals surface area contributed by atoms with Crippen molar-refractivity contribution in [2.75, 3.05) is 13.1 Å². The minimum absolute atomic E-state index is 0.0161. The first kappa shape index (κ1) is 22.9. The molecular formula is C23H21ClF2N5O2S. The van der Waals surface area contributed by atoms with Crippen LogP contribution in [0, 0.1) is 6.07 Å². The summed E-state index contributed by atoms with van der Waals surface area (Å²) in [4.78, 5) is 24.6. The van der Waals surface area contributed by atoms with Crippen LogP contribution < -0.4 is 0 Å². The molecule has 0 saturated carbocycles. The van der Waals surface area contributed by atoms with Gasteiger partial charge in [-0.25, -0.2) is 13.8 Å². The number of hydrogen-bond acceptors (Lipinski definition) is 6. The predicted octanol–water partition coefficient (Wildman–Crippen LogP) is 5.00. The van der Waals surface area contributed by atoms with Crippen molar-refractivity contribution < 1.29 is 18.4 Å². The van der Waals surface area contributed by atoms with E-state index in [1.54, 1.807) is 34.3 Å². The van der Waals surface area contributed by atoms with Gasteiger partial charge in [-0.05, 0) is 18.9 Å². The van der Waals surface area contributed by atoms with Gasteiger partial charge < -0.3 is 9.74 Å². The summed E-state index contributed by atoms with van der Waals surface area (Å²) in [6.07, 6.45) is 1.97. The van der Waals surface area contributed by atoms with Gasteiger partial charge in [0.25, 0.3) is 6.43 Å². The molecule has 1 radical (unpaired) electrons. The van der Waals surface area contributed by atoms with Crippen molar-refractivity contribution in [3.8, 4) is 0 Å². The van der Waals surface area contributed by atoms with Crippen molar-refractivity contribution in [1.29, 1.82) is 0 Å². The molecule has 1 saturated heterocycles. The van der Waals surface area contributed by atoms with E-state index in [1.165, 1.54) is 12.3 Å². The minimum Gasteiger partial charge on any atom is -0.387 e. The summed E-state index contributed by atoms with van der Waals surface area (Å²) < 4.78 is 28.2. The quantitative estimate of drug-likeness (QED) is 0.473. The van der Waals surface area contributed by atoms with E-state index in [9.17, 15) is 13.6 Å². The van der Waals surface area contributed by atoms with E-state index in [0.717, 1.165) is 17.8 Å². The Bertz CT molecular complexity index is 1210. The Morgan fingerprint density at radius 2 is 2.18 bits per heavy atom. The van der Waals surface area contributed by atoms with E-state index < -0.39 is 12.5 Å². The maximum Gasteiger partial charge on any atom is 0.264 e. The highest BCUT2D eigenvalue weighted by Gasteiger charge is 2.31. The van der Waals surface area contributed by atoms with Gasteiger partial charge in [-0.15, -0.1) is 11.3 Å². The van der Waals surface area contributed by atoms with Crippen LogP contribution in [0.2, 0.25) is 5.02 Å². The first-order chi connectivity index (χ1) is 16.5. The number of thiazole rings is 1. The molecule has 0 spiro atoms. The molecule has 0 aliphatic carbocycles. The number of nitrogens with zero attached hydrogens (tertiary/aromatic N) is 5. The molecule has 1 fully saturated rings. The standard InChI is InChI=1S/C23H21ClF2N5O2S/c24-15-10-27-31(11-15)12-21(32)30-7-5-14(6-8-30)23-28-19(13-34-23)18-9-20(33-29-18)16-3-1-2-4-17(16)22(25)26/h1-2,4,10-11,13-14,20,22H,5-9,12H2. The average Bonchev–Trinajstić information content (AvgIpc) is 3.60. The fourth-order valence-corrected chi connectivity index (χ4v) is 5.42. The number of amides is 1. The largest absolute Gasteiger partial charge is 0.387 e. The zero-order chi connectivity index (χ0) is 23.7. The van der Waals surface area contributed by atoms with Crippen LogP contribution >= 0.6 is 22.9 Å². The Morgan fingerprint density at radius 1 is 1.35 bits per heavy atom. The van der Waals surface area contributed by atoms with Crippen molar-refractivity contribution in [1.82, 2.24) is 19.7 Å². The van der Waals surface area contributed by atoms with Crippen LogP contribution in [0.15, 0.2) is 41.1 Å². The number of aromatic nitrogens is 3. The molecule has 2 aliphatic rings. The number of carbonyl (C=O) groups is 1. The van der Waals surface area contributed by atoms with Gasteiger partial charge in [-0.2, -0.15) is 5.10 Å². The molecule has 4 heterocycles. The molecular weight excluding hydrogens is 484 g/mol. The Morgan fingerprint density at radius 3 is 2.91 bits per heavy atom. The van der Waals surface area contributed by atoms with Crippen LogP contribution in [0.1, 0.15) is 59.5 Å². The lowest BCUT2D eigenvalue weighted by molar-refractivity contribution is -0.133. The summed E-state index contributed by atoms with van der Waals surface area (Å²) in [5.74, 6) is 0.274. The second kappa shape index (κ2) is 9.79. The number of oxime groups is 1. The van der Waals surface area contributed by atoms with Crippen molar-refractivity contribution in [2.45, 2.75) is 44.3 Å². The van der Waals surface area contributed by atoms with Crippen LogP contribution in [-0.4, -0.2) is 44.4 Å². The third-order valence-electron chi connectivity index (χ3n) is 6.06. The van der Waals surface area contributed by atoms with E-state index in [-0.39, 0.29) is 23.9 Å². The summed E-state index contributed by atoms with van der Waals surface area (Å²) in [5.41, 5.74) is 1.61. The smallest absolute Gasteiger partial charge is 0.264 e. The molecule has 5 rings (SSSR count). The second-order valence-electron chi connectivity index (χ2n) is 8.26. The van der Waals surface area contributed by atoms with Crippen LogP contribution in [0.25, 0.3) is 0 Å². The summed E-state index contributed by atoms with van der Waals surface area (Å²) in [6.45, 7) is 1.48. The predicted molar refractivity (Wildman–Crippen MR) is 123 cm³/mol. The Labute approximate surface area is 204 Å². The van der Waals surface area contributed by atoms with Gasteiger partial charge in [-0.1, -0.05) is 35.0 Å². The minimum atomic E-state index is -2.60. The highest BCUT2D eigenvalue weighted by Crippen LogP contribution is 2.36. The zero-order valence-corrected chi connectivity index (χ0v) is 19.6. The molecule has 1 unspecified atom stereocenters. The van der Waals surface area contributed by atoms with Crippen LogP contribution in [-0.2, 0) is 16.2 Å². The van der Waals surface area contributed by atoms with Gasteiger partial charge in [0.1, 0.15) is 12.3 Å². The van der Waals surface area contributed by atoms with E-state index in [2.05, 4.69) is 16.3 Å². The van der Waals surface area contributed by atoms with Crippen molar-refractivity contribution in [3.63, 3.8) is 0 Å². The molecule has 3 aromatic rings. The molecule has 1 aromatic carbocycles. The lowest BCUT2D eigenvalue weighted by Gasteiger charge is -2.31. The van der Waals surface area contributed by atoms with E-state index in [4.69, 9.17) is 21.4 Å². The van der Waals surface area contributed by atoms with E-state index in [1.807, 2.05) is 10.3 Å². The maximum absolute atomic E-state index is 13.3. The summed E-state index contributed by atoms with van der Waals surface area (Å²) in [6, 6.07) is 7.41. The Kier molecular flexibility index (Phi) is 6.60. The number of hydrogen-bond donors (Lipinski definition) is 0. The number of benzene rings is 1. The van der Waals surface area contributed by atoms with Crippen LogP contribution in [0.5, 0.6) is 0 Å². The molecule has 34 heavy (non-hydrogen) atoms. The van der Waals surface area contributed by atoms with Crippen molar-refractivity contribution in [3.05, 3.63) is 68.9 Å². The highest BCUT2D eigenvalue weighted by molar-refractivity contribution is 7.10. The van der Waals surface area contributed by atoms with Gasteiger partial charge in [0.15, 0.2) is 6.10 Å². The van der Waals surface area contributed by atoms with Crippen LogP contribution in [0.3, 0.4) is 0 Å². The third kappa shape index (κ3) is 4.83. The van der Waals surface area contributed by atoms with Crippen LogP contribution in [0.4, 0.5) is 8.78 Å².